The predicted molar refractivity (Wildman–Crippen MR) is 48.1 cm³/mol. The number of amides is 1. The van der Waals surface area contributed by atoms with Crippen LogP contribution in [0, 0.1) is 5.41 Å². The Morgan fingerprint density at radius 3 is 2.50 bits per heavy atom. The highest BCUT2D eigenvalue weighted by Crippen LogP contribution is 2.24. The van der Waals surface area contributed by atoms with E-state index in [0.717, 1.165) is 30.4 Å². The summed E-state index contributed by atoms with van der Waals surface area (Å²) in [6, 6.07) is 0. The first-order chi connectivity index (χ1) is 5.63. The molecule has 1 rings (SSSR count). The second kappa shape index (κ2) is 3.52. The largest absolute Gasteiger partial charge is 0.364 e. The van der Waals surface area contributed by atoms with E-state index in [-0.39, 0.29) is 5.71 Å². The van der Waals surface area contributed by atoms with Crippen LogP contribution in [0.2, 0.25) is 0 Å². The number of nitrogens with one attached hydrogen (secondary N) is 1. The van der Waals surface area contributed by atoms with E-state index in [2.05, 4.69) is 0 Å². The van der Waals surface area contributed by atoms with Crippen molar-refractivity contribution in [2.24, 2.45) is 5.73 Å². The molecule has 1 aliphatic carbocycles. The van der Waals surface area contributed by atoms with E-state index in [9.17, 15) is 4.79 Å². The highest BCUT2D eigenvalue weighted by atomic mass is 16.1. The summed E-state index contributed by atoms with van der Waals surface area (Å²) in [7, 11) is 0. The lowest BCUT2D eigenvalue weighted by Gasteiger charge is -2.16. The molecule has 12 heavy (non-hydrogen) atoms. The molecule has 0 aliphatic heterocycles. The Morgan fingerprint density at radius 2 is 2.00 bits per heavy atom. The smallest absolute Gasteiger partial charge is 0.266 e. The number of primary amides is 1. The van der Waals surface area contributed by atoms with E-state index in [1.54, 1.807) is 0 Å². The van der Waals surface area contributed by atoms with Gasteiger partial charge in [-0.05, 0) is 38.2 Å². The SMILES string of the molecule is CC1=C(C(=N)C(N)=O)CCCC1. The molecule has 1 aliphatic rings. The Balaban J connectivity index is 2.85. The van der Waals surface area contributed by atoms with Crippen molar-refractivity contribution >= 4 is 11.6 Å². The fraction of sp³-hybridized carbons (Fsp3) is 0.556. The number of nitrogens with two attached hydrogens (primary N) is 1. The molecule has 0 heterocycles. The maximum absolute atomic E-state index is 10.7. The molecule has 0 unspecified atom stereocenters. The minimum absolute atomic E-state index is 0.00667. The third kappa shape index (κ3) is 1.72. The molecule has 0 radical (unpaired) electrons. The summed E-state index contributed by atoms with van der Waals surface area (Å²) in [6.45, 7) is 1.98. The number of carbonyl (C=O) groups excluding carboxylic acids is 1. The Labute approximate surface area is 72.2 Å². The Bertz CT molecular complexity index is 250. The summed E-state index contributed by atoms with van der Waals surface area (Å²) in [5, 5.41) is 7.44. The topological polar surface area (TPSA) is 66.9 Å². The van der Waals surface area contributed by atoms with Crippen LogP contribution in [0.15, 0.2) is 11.1 Å². The highest BCUT2D eigenvalue weighted by Gasteiger charge is 2.16. The lowest BCUT2D eigenvalue weighted by molar-refractivity contribution is -0.112. The van der Waals surface area contributed by atoms with Gasteiger partial charge in [-0.2, -0.15) is 0 Å². The number of hydrogen-bond acceptors (Lipinski definition) is 2. The van der Waals surface area contributed by atoms with E-state index in [1.807, 2.05) is 6.92 Å². The van der Waals surface area contributed by atoms with Gasteiger partial charge < -0.3 is 5.73 Å². The molecule has 1 amide bonds. The van der Waals surface area contributed by atoms with Gasteiger partial charge in [0.1, 0.15) is 5.71 Å². The first-order valence-corrected chi connectivity index (χ1v) is 4.20. The van der Waals surface area contributed by atoms with E-state index >= 15 is 0 Å². The average Bonchev–Trinajstić information content (AvgIpc) is 2.04. The zero-order valence-electron chi connectivity index (χ0n) is 7.31. The molecule has 3 heteroatoms. The van der Waals surface area contributed by atoms with E-state index < -0.39 is 5.91 Å². The van der Waals surface area contributed by atoms with Gasteiger partial charge in [0.2, 0.25) is 0 Å². The molecule has 0 saturated heterocycles. The van der Waals surface area contributed by atoms with Crippen LogP contribution in [-0.2, 0) is 4.79 Å². The van der Waals surface area contributed by atoms with Crippen LogP contribution in [0.4, 0.5) is 0 Å². The zero-order chi connectivity index (χ0) is 9.14. The van der Waals surface area contributed by atoms with Gasteiger partial charge in [0.15, 0.2) is 0 Å². The third-order valence-corrected chi connectivity index (χ3v) is 2.29. The van der Waals surface area contributed by atoms with Crippen LogP contribution in [0.3, 0.4) is 0 Å². The van der Waals surface area contributed by atoms with Crippen molar-refractivity contribution in [3.05, 3.63) is 11.1 Å². The number of allylic oxidation sites excluding steroid dienone is 1. The molecule has 3 nitrogen and oxygen atoms in total. The zero-order valence-corrected chi connectivity index (χ0v) is 7.31. The molecular formula is C9H14N2O. The van der Waals surface area contributed by atoms with Crippen LogP contribution in [0.25, 0.3) is 0 Å². The minimum Gasteiger partial charge on any atom is -0.364 e. The van der Waals surface area contributed by atoms with Gasteiger partial charge in [-0.15, -0.1) is 0 Å². The van der Waals surface area contributed by atoms with E-state index in [4.69, 9.17) is 11.1 Å². The molecule has 0 atom stereocenters. The molecule has 0 aromatic heterocycles. The maximum Gasteiger partial charge on any atom is 0.266 e. The molecule has 0 spiro atoms. The van der Waals surface area contributed by atoms with Gasteiger partial charge in [0, 0.05) is 0 Å². The number of rotatable bonds is 2. The van der Waals surface area contributed by atoms with Gasteiger partial charge >= 0.3 is 0 Å². The number of hydrogen-bond donors (Lipinski definition) is 2. The molecule has 0 bridgehead atoms. The monoisotopic (exact) mass is 166 g/mol. The van der Waals surface area contributed by atoms with Gasteiger partial charge in [0.05, 0.1) is 0 Å². The minimum atomic E-state index is -0.605. The van der Waals surface area contributed by atoms with Crippen molar-refractivity contribution in [3.63, 3.8) is 0 Å². The van der Waals surface area contributed by atoms with Crippen molar-refractivity contribution in [1.82, 2.24) is 0 Å². The Kier molecular flexibility index (Phi) is 2.63. The Morgan fingerprint density at radius 1 is 1.42 bits per heavy atom. The molecular weight excluding hydrogens is 152 g/mol. The van der Waals surface area contributed by atoms with Gasteiger partial charge in [-0.25, -0.2) is 0 Å². The van der Waals surface area contributed by atoms with Crippen LogP contribution in [0.1, 0.15) is 32.6 Å². The lowest BCUT2D eigenvalue weighted by atomic mass is 9.90. The summed E-state index contributed by atoms with van der Waals surface area (Å²) >= 11 is 0. The maximum atomic E-state index is 10.7. The summed E-state index contributed by atoms with van der Waals surface area (Å²) in [4.78, 5) is 10.7. The molecule has 0 aromatic rings. The van der Waals surface area contributed by atoms with Gasteiger partial charge in [-0.3, -0.25) is 10.2 Å². The second-order valence-corrected chi connectivity index (χ2v) is 3.21. The van der Waals surface area contributed by atoms with Gasteiger partial charge in [-0.1, -0.05) is 5.57 Å². The lowest BCUT2D eigenvalue weighted by Crippen LogP contribution is -2.25. The summed E-state index contributed by atoms with van der Waals surface area (Å²) in [6.07, 6.45) is 4.09. The van der Waals surface area contributed by atoms with Crippen LogP contribution < -0.4 is 5.73 Å². The second-order valence-electron chi connectivity index (χ2n) is 3.21. The van der Waals surface area contributed by atoms with E-state index in [0.29, 0.717) is 0 Å². The molecule has 66 valence electrons. The van der Waals surface area contributed by atoms with Crippen LogP contribution >= 0.6 is 0 Å². The first-order valence-electron chi connectivity index (χ1n) is 4.20. The molecule has 0 fully saturated rings. The first kappa shape index (κ1) is 8.97. The Hall–Kier alpha value is -1.12. The van der Waals surface area contributed by atoms with Crippen molar-refractivity contribution in [1.29, 1.82) is 5.41 Å². The number of carbonyl (C=O) groups is 1. The third-order valence-electron chi connectivity index (χ3n) is 2.29. The molecule has 0 aromatic carbocycles. The van der Waals surface area contributed by atoms with Crippen molar-refractivity contribution < 1.29 is 4.79 Å². The van der Waals surface area contributed by atoms with Gasteiger partial charge in [0.25, 0.3) is 5.91 Å². The average molecular weight is 166 g/mol. The molecule has 0 saturated carbocycles. The normalized spacial score (nSPS) is 17.8. The van der Waals surface area contributed by atoms with Crippen molar-refractivity contribution in [3.8, 4) is 0 Å². The standard InChI is InChI=1S/C9H14N2O/c1-6-4-2-3-5-7(6)8(10)9(11)12/h10H,2-5H2,1H3,(H2,11,12). The van der Waals surface area contributed by atoms with Crippen LogP contribution in [0.5, 0.6) is 0 Å². The fourth-order valence-electron chi connectivity index (χ4n) is 1.54. The summed E-state index contributed by atoms with van der Waals surface area (Å²) in [5.41, 5.74) is 7.06. The van der Waals surface area contributed by atoms with Crippen molar-refractivity contribution in [2.75, 3.05) is 0 Å². The van der Waals surface area contributed by atoms with Crippen LogP contribution in [-0.4, -0.2) is 11.6 Å². The summed E-state index contributed by atoms with van der Waals surface area (Å²) < 4.78 is 0. The fourth-order valence-corrected chi connectivity index (χ4v) is 1.54. The summed E-state index contributed by atoms with van der Waals surface area (Å²) in [5.74, 6) is -0.605. The predicted octanol–water partition coefficient (Wildman–Crippen LogP) is 1.38. The quantitative estimate of drug-likeness (QED) is 0.598. The highest BCUT2D eigenvalue weighted by molar-refractivity contribution is 6.43. The molecule has 3 N–H and O–H groups in total. The van der Waals surface area contributed by atoms with E-state index in [1.165, 1.54) is 6.42 Å². The van der Waals surface area contributed by atoms with Crippen molar-refractivity contribution in [2.45, 2.75) is 32.6 Å².